The van der Waals surface area contributed by atoms with Crippen molar-refractivity contribution in [2.24, 2.45) is 0 Å². The van der Waals surface area contributed by atoms with Crippen molar-refractivity contribution < 1.29 is 18.5 Å². The van der Waals surface area contributed by atoms with E-state index < -0.39 is 28.2 Å². The number of nitrogens with zero attached hydrogens (tertiary/aromatic N) is 1. The molecule has 0 spiro atoms. The van der Waals surface area contributed by atoms with Crippen LogP contribution in [0.2, 0.25) is 0 Å². The highest BCUT2D eigenvalue weighted by Crippen LogP contribution is 2.25. The summed E-state index contributed by atoms with van der Waals surface area (Å²) in [7, 11) is 0. The molecular formula is C13H9F2N3O3. The molecule has 0 atom stereocenters. The highest BCUT2D eigenvalue weighted by atomic mass is 19.1. The first-order valence-corrected chi connectivity index (χ1v) is 5.69. The number of anilines is 2. The molecule has 2 aromatic carbocycles. The van der Waals surface area contributed by atoms with Crippen LogP contribution in [0.25, 0.3) is 0 Å². The number of nitrogen functional groups attached to an aromatic ring is 1. The Labute approximate surface area is 117 Å². The Morgan fingerprint density at radius 1 is 1.19 bits per heavy atom. The van der Waals surface area contributed by atoms with Crippen molar-refractivity contribution in [1.82, 2.24) is 0 Å². The van der Waals surface area contributed by atoms with Gasteiger partial charge in [0, 0.05) is 17.7 Å². The number of nitro benzene ring substituents is 1. The van der Waals surface area contributed by atoms with E-state index in [9.17, 15) is 23.7 Å². The lowest BCUT2D eigenvalue weighted by atomic mass is 10.1. The Balaban J connectivity index is 2.33. The Hall–Kier alpha value is -3.03. The number of amides is 1. The zero-order valence-corrected chi connectivity index (χ0v) is 10.5. The molecule has 0 aliphatic heterocycles. The molecule has 0 saturated carbocycles. The molecule has 0 radical (unpaired) electrons. The predicted molar refractivity (Wildman–Crippen MR) is 71.8 cm³/mol. The average molecular weight is 293 g/mol. The summed E-state index contributed by atoms with van der Waals surface area (Å²) in [5, 5.41) is 13.0. The standard InChI is InChI=1S/C13H9F2N3O3/c14-8-2-4-12(18(20)21)11(6-8)17-13(19)7-1-3-10(16)9(15)5-7/h1-6H,16H2,(H,17,19). The van der Waals surface area contributed by atoms with Gasteiger partial charge >= 0.3 is 0 Å². The van der Waals surface area contributed by atoms with Crippen molar-refractivity contribution in [2.45, 2.75) is 0 Å². The molecule has 0 bridgehead atoms. The molecule has 3 N–H and O–H groups in total. The number of nitrogens with two attached hydrogens (primary N) is 1. The van der Waals surface area contributed by atoms with Crippen LogP contribution in [0.5, 0.6) is 0 Å². The van der Waals surface area contributed by atoms with Crippen LogP contribution in [0.15, 0.2) is 36.4 Å². The van der Waals surface area contributed by atoms with Gasteiger partial charge in [-0.15, -0.1) is 0 Å². The minimum Gasteiger partial charge on any atom is -0.396 e. The van der Waals surface area contributed by atoms with Gasteiger partial charge in [0.1, 0.15) is 17.3 Å². The van der Waals surface area contributed by atoms with Crippen molar-refractivity contribution in [3.63, 3.8) is 0 Å². The summed E-state index contributed by atoms with van der Waals surface area (Å²) in [6.45, 7) is 0. The summed E-state index contributed by atoms with van der Waals surface area (Å²) < 4.78 is 26.4. The number of rotatable bonds is 3. The molecule has 0 saturated heterocycles. The Bertz CT molecular complexity index is 735. The summed E-state index contributed by atoms with van der Waals surface area (Å²) in [6, 6.07) is 5.95. The summed E-state index contributed by atoms with van der Waals surface area (Å²) in [4.78, 5) is 21.9. The fourth-order valence-corrected chi connectivity index (χ4v) is 1.63. The SMILES string of the molecule is Nc1ccc(C(=O)Nc2cc(F)ccc2[N+](=O)[O-])cc1F. The van der Waals surface area contributed by atoms with E-state index in [1.807, 2.05) is 0 Å². The molecule has 21 heavy (non-hydrogen) atoms. The van der Waals surface area contributed by atoms with Gasteiger partial charge in [0.15, 0.2) is 0 Å². The van der Waals surface area contributed by atoms with Crippen LogP contribution < -0.4 is 11.1 Å². The Kier molecular flexibility index (Phi) is 3.79. The van der Waals surface area contributed by atoms with Crippen molar-refractivity contribution in [3.05, 3.63) is 63.7 Å². The lowest BCUT2D eigenvalue weighted by Crippen LogP contribution is -2.14. The van der Waals surface area contributed by atoms with Crippen LogP contribution in [-0.2, 0) is 0 Å². The lowest BCUT2D eigenvalue weighted by molar-refractivity contribution is -0.384. The molecule has 2 aromatic rings. The van der Waals surface area contributed by atoms with Gasteiger partial charge in [0.25, 0.3) is 11.6 Å². The normalized spacial score (nSPS) is 10.2. The van der Waals surface area contributed by atoms with E-state index in [1.54, 1.807) is 0 Å². The topological polar surface area (TPSA) is 98.3 Å². The maximum atomic E-state index is 13.3. The largest absolute Gasteiger partial charge is 0.396 e. The number of carbonyl (C=O) groups excluding carboxylic acids is 1. The van der Waals surface area contributed by atoms with Gasteiger partial charge in [-0.05, 0) is 24.3 Å². The smallest absolute Gasteiger partial charge is 0.292 e. The van der Waals surface area contributed by atoms with Crippen molar-refractivity contribution >= 4 is 23.0 Å². The van der Waals surface area contributed by atoms with Crippen LogP contribution in [-0.4, -0.2) is 10.8 Å². The van der Waals surface area contributed by atoms with E-state index in [4.69, 9.17) is 5.73 Å². The fraction of sp³-hybridized carbons (Fsp3) is 0. The van der Waals surface area contributed by atoms with Gasteiger partial charge in [-0.25, -0.2) is 8.78 Å². The number of hydrogen-bond donors (Lipinski definition) is 2. The third-order valence-electron chi connectivity index (χ3n) is 2.67. The van der Waals surface area contributed by atoms with Gasteiger partial charge in [0.2, 0.25) is 0 Å². The van der Waals surface area contributed by atoms with Crippen molar-refractivity contribution in [1.29, 1.82) is 0 Å². The Morgan fingerprint density at radius 2 is 1.90 bits per heavy atom. The zero-order chi connectivity index (χ0) is 15.6. The number of benzene rings is 2. The van der Waals surface area contributed by atoms with E-state index in [-0.39, 0.29) is 16.9 Å². The fourth-order valence-electron chi connectivity index (χ4n) is 1.63. The van der Waals surface area contributed by atoms with Gasteiger partial charge in [-0.3, -0.25) is 14.9 Å². The van der Waals surface area contributed by atoms with Gasteiger partial charge in [0.05, 0.1) is 10.6 Å². The molecule has 8 heteroatoms. The second-order valence-electron chi connectivity index (χ2n) is 4.11. The van der Waals surface area contributed by atoms with E-state index in [0.29, 0.717) is 0 Å². The molecule has 108 valence electrons. The lowest BCUT2D eigenvalue weighted by Gasteiger charge is -2.07. The summed E-state index contributed by atoms with van der Waals surface area (Å²) >= 11 is 0. The van der Waals surface area contributed by atoms with Crippen LogP contribution in [0.1, 0.15) is 10.4 Å². The summed E-state index contributed by atoms with van der Waals surface area (Å²) in [6.07, 6.45) is 0. The second-order valence-corrected chi connectivity index (χ2v) is 4.11. The van der Waals surface area contributed by atoms with E-state index >= 15 is 0 Å². The molecule has 0 aromatic heterocycles. The molecule has 0 unspecified atom stereocenters. The van der Waals surface area contributed by atoms with Crippen LogP contribution in [0.3, 0.4) is 0 Å². The van der Waals surface area contributed by atoms with E-state index in [0.717, 1.165) is 24.3 Å². The first kappa shape index (κ1) is 14.4. The molecule has 0 aliphatic rings. The second kappa shape index (κ2) is 5.53. The van der Waals surface area contributed by atoms with E-state index in [2.05, 4.69) is 5.32 Å². The minimum atomic E-state index is -0.817. The van der Waals surface area contributed by atoms with E-state index in [1.165, 1.54) is 12.1 Å². The number of nitrogens with one attached hydrogen (secondary N) is 1. The zero-order valence-electron chi connectivity index (χ0n) is 10.5. The maximum absolute atomic E-state index is 13.3. The first-order valence-electron chi connectivity index (χ1n) is 5.69. The van der Waals surface area contributed by atoms with Crippen LogP contribution >= 0.6 is 0 Å². The Morgan fingerprint density at radius 3 is 2.52 bits per heavy atom. The van der Waals surface area contributed by atoms with Gasteiger partial charge in [-0.1, -0.05) is 0 Å². The molecule has 0 fully saturated rings. The highest BCUT2D eigenvalue weighted by Gasteiger charge is 2.18. The molecule has 6 nitrogen and oxygen atoms in total. The number of hydrogen-bond acceptors (Lipinski definition) is 4. The average Bonchev–Trinajstić information content (AvgIpc) is 2.41. The molecular weight excluding hydrogens is 284 g/mol. The molecule has 1 amide bonds. The van der Waals surface area contributed by atoms with Crippen molar-refractivity contribution in [2.75, 3.05) is 11.1 Å². The number of halogens is 2. The number of nitro groups is 1. The molecule has 2 rings (SSSR count). The number of carbonyl (C=O) groups is 1. The summed E-state index contributed by atoms with van der Waals surface area (Å²) in [5.41, 5.74) is 4.26. The molecule has 0 heterocycles. The highest BCUT2D eigenvalue weighted by molar-refractivity contribution is 6.05. The maximum Gasteiger partial charge on any atom is 0.292 e. The monoisotopic (exact) mass is 293 g/mol. The first-order chi connectivity index (χ1) is 9.88. The molecule has 0 aliphatic carbocycles. The quantitative estimate of drug-likeness (QED) is 0.516. The van der Waals surface area contributed by atoms with Crippen LogP contribution in [0.4, 0.5) is 25.8 Å². The minimum absolute atomic E-state index is 0.0970. The summed E-state index contributed by atoms with van der Waals surface area (Å²) in [5.74, 6) is -2.36. The third-order valence-corrected chi connectivity index (χ3v) is 2.67. The third kappa shape index (κ3) is 3.11. The van der Waals surface area contributed by atoms with Gasteiger partial charge in [-0.2, -0.15) is 0 Å². The van der Waals surface area contributed by atoms with Gasteiger partial charge < -0.3 is 11.1 Å². The van der Waals surface area contributed by atoms with Crippen LogP contribution in [0, 0.1) is 21.7 Å². The predicted octanol–water partition coefficient (Wildman–Crippen LogP) is 2.71. The van der Waals surface area contributed by atoms with Crippen molar-refractivity contribution in [3.8, 4) is 0 Å².